The Morgan fingerprint density at radius 2 is 1.58 bits per heavy atom. The van der Waals surface area contributed by atoms with Crippen molar-refractivity contribution in [2.24, 2.45) is 0 Å². The van der Waals surface area contributed by atoms with Crippen LogP contribution in [-0.4, -0.2) is 9.78 Å². The van der Waals surface area contributed by atoms with E-state index in [0.29, 0.717) is 0 Å². The van der Waals surface area contributed by atoms with Crippen molar-refractivity contribution in [3.63, 3.8) is 0 Å². The van der Waals surface area contributed by atoms with Crippen molar-refractivity contribution in [3.05, 3.63) is 174 Å². The smallest absolute Gasteiger partial charge is 0.143 e. The van der Waals surface area contributed by atoms with Crippen LogP contribution in [0.5, 0.6) is 0 Å². The number of hydrogen-bond acceptors (Lipinski definition) is 3. The SMILES string of the molecule is C#C/C=C(\C=C/C)c1c(-c2cc(N3C4=C(C=CCC4)C(C)(C)c4ccccc43)cc3c2oc2ccccc23)c(-c2ccccc2)nn1-c1ccccc1. The van der Waals surface area contributed by atoms with Gasteiger partial charge in [0.25, 0.3) is 0 Å². The molecule has 0 bridgehead atoms. The molecular formula is C49H39N3O. The Morgan fingerprint density at radius 1 is 0.849 bits per heavy atom. The van der Waals surface area contributed by atoms with Crippen LogP contribution in [0.3, 0.4) is 0 Å². The summed E-state index contributed by atoms with van der Waals surface area (Å²) in [5.41, 5.74) is 14.3. The molecule has 0 fully saturated rings. The summed E-state index contributed by atoms with van der Waals surface area (Å²) in [5.74, 6) is 2.83. The zero-order valence-corrected chi connectivity index (χ0v) is 30.2. The largest absolute Gasteiger partial charge is 0.455 e. The van der Waals surface area contributed by atoms with Crippen molar-refractivity contribution >= 4 is 38.9 Å². The number of allylic oxidation sites excluding steroid dienone is 8. The lowest BCUT2D eigenvalue weighted by molar-refractivity contribution is 0.603. The predicted octanol–water partition coefficient (Wildman–Crippen LogP) is 12.7. The molecular weight excluding hydrogens is 647 g/mol. The van der Waals surface area contributed by atoms with E-state index >= 15 is 0 Å². The van der Waals surface area contributed by atoms with Gasteiger partial charge < -0.3 is 9.32 Å². The number of rotatable bonds is 6. The van der Waals surface area contributed by atoms with Gasteiger partial charge in [-0.1, -0.05) is 129 Å². The predicted molar refractivity (Wildman–Crippen MR) is 220 cm³/mol. The molecule has 0 radical (unpaired) electrons. The van der Waals surface area contributed by atoms with Crippen LogP contribution in [0.15, 0.2) is 167 Å². The third kappa shape index (κ3) is 5.20. The maximum atomic E-state index is 6.89. The van der Waals surface area contributed by atoms with Crippen LogP contribution in [0.1, 0.15) is 44.9 Å². The van der Waals surface area contributed by atoms with Crippen molar-refractivity contribution < 1.29 is 4.42 Å². The van der Waals surface area contributed by atoms with Gasteiger partial charge in [0.2, 0.25) is 0 Å². The lowest BCUT2D eigenvalue weighted by Crippen LogP contribution is -2.34. The van der Waals surface area contributed by atoms with Crippen LogP contribution < -0.4 is 4.90 Å². The van der Waals surface area contributed by atoms with Crippen molar-refractivity contribution in [2.75, 3.05) is 4.90 Å². The zero-order valence-electron chi connectivity index (χ0n) is 30.2. The average Bonchev–Trinajstić information content (AvgIpc) is 3.78. The van der Waals surface area contributed by atoms with Gasteiger partial charge in [0.05, 0.1) is 11.4 Å². The summed E-state index contributed by atoms with van der Waals surface area (Å²) in [6.45, 7) is 6.72. The fourth-order valence-electron chi connectivity index (χ4n) is 8.32. The maximum Gasteiger partial charge on any atom is 0.143 e. The first-order chi connectivity index (χ1) is 26.0. The van der Waals surface area contributed by atoms with Crippen LogP contribution in [0.2, 0.25) is 0 Å². The summed E-state index contributed by atoms with van der Waals surface area (Å²) >= 11 is 0. The minimum absolute atomic E-state index is 0.138. The molecule has 0 amide bonds. The Balaban J connectivity index is 1.45. The number of benzene rings is 5. The Labute approximate surface area is 310 Å². The number of furan rings is 1. The molecule has 1 aliphatic heterocycles. The van der Waals surface area contributed by atoms with E-state index in [4.69, 9.17) is 15.9 Å². The van der Waals surface area contributed by atoms with E-state index in [0.717, 1.165) is 79.8 Å². The van der Waals surface area contributed by atoms with Gasteiger partial charge in [0, 0.05) is 55.5 Å². The van der Waals surface area contributed by atoms with Gasteiger partial charge in [0.15, 0.2) is 0 Å². The van der Waals surface area contributed by atoms with Crippen LogP contribution in [0.25, 0.3) is 55.6 Å². The molecule has 256 valence electrons. The number of anilines is 2. The van der Waals surface area contributed by atoms with Crippen LogP contribution in [0, 0.1) is 12.3 Å². The average molecular weight is 686 g/mol. The molecule has 5 aromatic carbocycles. The third-order valence-electron chi connectivity index (χ3n) is 10.7. The molecule has 4 heteroatoms. The molecule has 7 aromatic rings. The Hall–Kier alpha value is -6.57. The van der Waals surface area contributed by atoms with Gasteiger partial charge in [-0.3, -0.25) is 0 Å². The van der Waals surface area contributed by atoms with Crippen LogP contribution in [0.4, 0.5) is 11.4 Å². The quantitative estimate of drug-likeness (QED) is 0.129. The van der Waals surface area contributed by atoms with Gasteiger partial charge in [-0.15, -0.1) is 6.42 Å². The van der Waals surface area contributed by atoms with Gasteiger partial charge in [-0.25, -0.2) is 4.68 Å². The fraction of sp³-hybridized carbons (Fsp3) is 0.122. The third-order valence-corrected chi connectivity index (χ3v) is 10.7. The van der Waals surface area contributed by atoms with E-state index < -0.39 is 0 Å². The Morgan fingerprint density at radius 3 is 2.38 bits per heavy atom. The van der Waals surface area contributed by atoms with Gasteiger partial charge in [-0.05, 0) is 73.4 Å². The summed E-state index contributed by atoms with van der Waals surface area (Å²) in [5, 5.41) is 7.56. The second kappa shape index (κ2) is 12.9. The molecule has 0 saturated carbocycles. The van der Waals surface area contributed by atoms with Gasteiger partial charge >= 0.3 is 0 Å². The summed E-state index contributed by atoms with van der Waals surface area (Å²) in [4.78, 5) is 2.50. The van der Waals surface area contributed by atoms with E-state index in [-0.39, 0.29) is 5.41 Å². The number of aromatic nitrogens is 2. The zero-order chi connectivity index (χ0) is 36.1. The highest BCUT2D eigenvalue weighted by Gasteiger charge is 2.39. The molecule has 1 aliphatic carbocycles. The fourth-order valence-corrected chi connectivity index (χ4v) is 8.32. The molecule has 9 rings (SSSR count). The molecule has 2 aromatic heterocycles. The van der Waals surface area contributed by atoms with Crippen molar-refractivity contribution in [3.8, 4) is 40.4 Å². The standard InChI is InChI=1S/C49H39N3O/c1-5-19-34(20-6-2)47-45(46(33-21-9-7-10-22-33)50-52(47)35-23-11-8-12-24-35)39-32-36(31-38-37-25-13-18-30-44(37)53-48(38)39)51-42-28-16-14-26-40(42)49(3,4)41-27-15-17-29-43(41)51/h1,6-16,18-28,30-32H,17,29H2,2-4H3/b20-6-,34-19+. The highest BCUT2D eigenvalue weighted by atomic mass is 16.3. The number of hydrogen-bond donors (Lipinski definition) is 0. The maximum absolute atomic E-state index is 6.89. The molecule has 0 atom stereocenters. The number of terminal acetylenes is 1. The first kappa shape index (κ1) is 32.3. The molecule has 0 N–H and O–H groups in total. The molecule has 0 spiro atoms. The first-order valence-electron chi connectivity index (χ1n) is 18.3. The molecule has 53 heavy (non-hydrogen) atoms. The molecule has 3 heterocycles. The van der Waals surface area contributed by atoms with Crippen molar-refractivity contribution in [1.29, 1.82) is 0 Å². The van der Waals surface area contributed by atoms with Crippen LogP contribution in [-0.2, 0) is 5.41 Å². The monoisotopic (exact) mass is 685 g/mol. The van der Waals surface area contributed by atoms with Gasteiger partial charge in [-0.2, -0.15) is 5.10 Å². The highest BCUT2D eigenvalue weighted by Crippen LogP contribution is 2.53. The highest BCUT2D eigenvalue weighted by molar-refractivity contribution is 6.13. The summed E-state index contributed by atoms with van der Waals surface area (Å²) < 4.78 is 8.93. The minimum atomic E-state index is -0.138. The van der Waals surface area contributed by atoms with E-state index in [1.807, 2.05) is 54.1 Å². The van der Waals surface area contributed by atoms with E-state index in [2.05, 4.69) is 134 Å². The number of nitrogens with zero attached hydrogens (tertiary/aromatic N) is 3. The topological polar surface area (TPSA) is 34.2 Å². The summed E-state index contributed by atoms with van der Waals surface area (Å²) in [6.07, 6.45) is 18.6. The second-order valence-corrected chi connectivity index (χ2v) is 14.2. The van der Waals surface area contributed by atoms with Crippen molar-refractivity contribution in [1.82, 2.24) is 9.78 Å². The number of para-hydroxylation sites is 3. The Bertz CT molecular complexity index is 2710. The minimum Gasteiger partial charge on any atom is -0.455 e. The van der Waals surface area contributed by atoms with Crippen LogP contribution >= 0.6 is 0 Å². The normalized spacial score (nSPS) is 15.3. The lowest BCUT2D eigenvalue weighted by atomic mass is 9.71. The molecule has 0 saturated heterocycles. The molecule has 2 aliphatic rings. The lowest BCUT2D eigenvalue weighted by Gasteiger charge is -2.44. The van der Waals surface area contributed by atoms with E-state index in [1.54, 1.807) is 0 Å². The Kier molecular flexibility index (Phi) is 7.86. The molecule has 4 nitrogen and oxygen atoms in total. The second-order valence-electron chi connectivity index (χ2n) is 14.2. The molecule has 0 unspecified atom stereocenters. The number of fused-ring (bicyclic) bond motifs is 4. The van der Waals surface area contributed by atoms with E-state index in [1.165, 1.54) is 22.5 Å². The van der Waals surface area contributed by atoms with E-state index in [9.17, 15) is 0 Å². The van der Waals surface area contributed by atoms with Crippen molar-refractivity contribution in [2.45, 2.75) is 39.0 Å². The summed E-state index contributed by atoms with van der Waals surface area (Å²) in [7, 11) is 0. The first-order valence-corrected chi connectivity index (χ1v) is 18.3. The van der Waals surface area contributed by atoms with Gasteiger partial charge in [0.1, 0.15) is 16.9 Å². The summed E-state index contributed by atoms with van der Waals surface area (Å²) in [6, 6.07) is 42.5.